The van der Waals surface area contributed by atoms with E-state index in [0.717, 1.165) is 10.2 Å². The van der Waals surface area contributed by atoms with Gasteiger partial charge in [0.05, 0.1) is 15.7 Å². The average molecular weight is 387 g/mol. The number of fused-ring (bicyclic) bond motifs is 1. The maximum Gasteiger partial charge on any atom is 0.267 e. The average Bonchev–Trinajstić information content (AvgIpc) is 3.06. The Hall–Kier alpha value is -3.47. The van der Waals surface area contributed by atoms with E-state index in [1.54, 1.807) is 24.6 Å². The highest BCUT2D eigenvalue weighted by Gasteiger charge is 2.20. The largest absolute Gasteiger partial charge is 0.368 e. The molecular weight excluding hydrogens is 370 g/mol. The summed E-state index contributed by atoms with van der Waals surface area (Å²) in [5, 5.41) is 5.67. The van der Waals surface area contributed by atoms with Crippen molar-refractivity contribution in [2.45, 2.75) is 19.4 Å². The lowest BCUT2D eigenvalue weighted by molar-refractivity contribution is -0.118. The molecule has 3 rings (SSSR count). The second-order valence-electron chi connectivity index (χ2n) is 5.67. The number of H-pyrrole nitrogens is 1. The lowest BCUT2D eigenvalue weighted by atomic mass is 10.2. The summed E-state index contributed by atoms with van der Waals surface area (Å²) < 4.78 is 0.920. The summed E-state index contributed by atoms with van der Waals surface area (Å²) in [6.45, 7) is 1.75. The fraction of sp³-hybridized carbons (Fsp3) is 0.188. The Kier molecular flexibility index (Phi) is 5.03. The molecule has 2 heterocycles. The Morgan fingerprint density at radius 2 is 2.11 bits per heavy atom. The third kappa shape index (κ3) is 3.87. The van der Waals surface area contributed by atoms with Crippen LogP contribution in [0.15, 0.2) is 28.5 Å². The molecule has 2 aromatic heterocycles. The highest BCUT2D eigenvalue weighted by Crippen LogP contribution is 2.24. The number of anilines is 3. The number of amides is 2. The van der Waals surface area contributed by atoms with Gasteiger partial charge >= 0.3 is 0 Å². The standard InChI is InChI=1S/C16H17N7O3S/c1-2-8(12(17)24)21-16-22-14(11(13(18)25)15(26)23-16)20-7-3-4-9-10(5-7)27-6-19-9/h3-6,8H,2H2,1H3,(H2,17,24)(H2,18,25)(H3,20,21,22,23,26). The van der Waals surface area contributed by atoms with Crippen LogP contribution >= 0.6 is 11.3 Å². The summed E-state index contributed by atoms with van der Waals surface area (Å²) in [5.74, 6) is -1.56. The van der Waals surface area contributed by atoms with E-state index in [-0.39, 0.29) is 17.3 Å². The van der Waals surface area contributed by atoms with Crippen molar-refractivity contribution < 1.29 is 9.59 Å². The fourth-order valence-electron chi connectivity index (χ4n) is 2.47. The number of carbonyl (C=O) groups is 2. The molecule has 0 aliphatic heterocycles. The van der Waals surface area contributed by atoms with Crippen molar-refractivity contribution in [3.05, 3.63) is 39.6 Å². The molecule has 1 aromatic carbocycles. The molecule has 3 aromatic rings. The summed E-state index contributed by atoms with van der Waals surface area (Å²) in [6, 6.07) is 4.62. The van der Waals surface area contributed by atoms with Gasteiger partial charge in [-0.1, -0.05) is 6.92 Å². The van der Waals surface area contributed by atoms with Crippen LogP contribution in [-0.4, -0.2) is 32.8 Å². The van der Waals surface area contributed by atoms with Crippen LogP contribution < -0.4 is 27.7 Å². The Labute approximate surface area is 157 Å². The first-order valence-electron chi connectivity index (χ1n) is 7.99. The van der Waals surface area contributed by atoms with Crippen LogP contribution in [0.2, 0.25) is 0 Å². The molecule has 0 saturated heterocycles. The zero-order chi connectivity index (χ0) is 19.6. The lowest BCUT2D eigenvalue weighted by Crippen LogP contribution is -2.36. The van der Waals surface area contributed by atoms with Gasteiger partial charge in [-0.2, -0.15) is 4.98 Å². The fourth-order valence-corrected chi connectivity index (χ4v) is 3.19. The monoisotopic (exact) mass is 387 g/mol. The number of rotatable bonds is 7. The molecule has 0 aliphatic rings. The van der Waals surface area contributed by atoms with Crippen molar-refractivity contribution in [1.29, 1.82) is 0 Å². The molecule has 0 saturated carbocycles. The second kappa shape index (κ2) is 7.41. The minimum atomic E-state index is -0.932. The van der Waals surface area contributed by atoms with Gasteiger partial charge in [0.2, 0.25) is 11.9 Å². The molecule has 7 N–H and O–H groups in total. The van der Waals surface area contributed by atoms with Gasteiger partial charge in [-0.15, -0.1) is 11.3 Å². The van der Waals surface area contributed by atoms with Crippen LogP contribution in [0.1, 0.15) is 23.7 Å². The summed E-state index contributed by atoms with van der Waals surface area (Å²) in [4.78, 5) is 46.2. The molecule has 11 heteroatoms. The number of benzene rings is 1. The van der Waals surface area contributed by atoms with Gasteiger partial charge < -0.3 is 22.1 Å². The summed E-state index contributed by atoms with van der Waals surface area (Å²) in [6.07, 6.45) is 0.390. The molecule has 0 bridgehead atoms. The summed E-state index contributed by atoms with van der Waals surface area (Å²) in [5.41, 5.74) is 12.7. The molecule has 0 fully saturated rings. The predicted molar refractivity (Wildman–Crippen MR) is 103 cm³/mol. The molecule has 10 nitrogen and oxygen atoms in total. The highest BCUT2D eigenvalue weighted by atomic mass is 32.1. The number of nitrogens with two attached hydrogens (primary N) is 2. The lowest BCUT2D eigenvalue weighted by Gasteiger charge is -2.15. The van der Waals surface area contributed by atoms with Gasteiger partial charge in [0, 0.05) is 5.69 Å². The van der Waals surface area contributed by atoms with Crippen molar-refractivity contribution in [2.24, 2.45) is 11.5 Å². The number of aromatic amines is 1. The molecule has 1 unspecified atom stereocenters. The third-order valence-electron chi connectivity index (χ3n) is 3.82. The second-order valence-corrected chi connectivity index (χ2v) is 6.56. The van der Waals surface area contributed by atoms with E-state index in [4.69, 9.17) is 11.5 Å². The number of carbonyl (C=O) groups excluding carboxylic acids is 2. The number of nitrogens with one attached hydrogen (secondary N) is 3. The molecule has 140 valence electrons. The van der Waals surface area contributed by atoms with Crippen LogP contribution in [0.3, 0.4) is 0 Å². The molecule has 1 atom stereocenters. The van der Waals surface area contributed by atoms with Gasteiger partial charge in [-0.05, 0) is 24.6 Å². The van der Waals surface area contributed by atoms with Crippen molar-refractivity contribution >= 4 is 50.8 Å². The van der Waals surface area contributed by atoms with Crippen LogP contribution in [0.25, 0.3) is 10.2 Å². The molecule has 0 spiro atoms. The van der Waals surface area contributed by atoms with Gasteiger partial charge in [-0.3, -0.25) is 19.4 Å². The maximum absolute atomic E-state index is 12.3. The van der Waals surface area contributed by atoms with Crippen molar-refractivity contribution in [3.63, 3.8) is 0 Å². The van der Waals surface area contributed by atoms with Gasteiger partial charge in [0.15, 0.2) is 5.82 Å². The van der Waals surface area contributed by atoms with Crippen molar-refractivity contribution in [1.82, 2.24) is 15.0 Å². The van der Waals surface area contributed by atoms with Crippen LogP contribution in [0.5, 0.6) is 0 Å². The number of aromatic nitrogens is 3. The highest BCUT2D eigenvalue weighted by molar-refractivity contribution is 7.16. The summed E-state index contributed by atoms with van der Waals surface area (Å²) >= 11 is 1.45. The Morgan fingerprint density at radius 3 is 2.78 bits per heavy atom. The number of nitrogens with zero attached hydrogens (tertiary/aromatic N) is 2. The first kappa shape index (κ1) is 18.3. The van der Waals surface area contributed by atoms with Crippen molar-refractivity contribution in [2.75, 3.05) is 10.6 Å². The van der Waals surface area contributed by atoms with Gasteiger partial charge in [-0.25, -0.2) is 4.98 Å². The van der Waals surface area contributed by atoms with E-state index < -0.39 is 23.4 Å². The van der Waals surface area contributed by atoms with E-state index in [2.05, 4.69) is 25.6 Å². The predicted octanol–water partition coefficient (Wildman–Crippen LogP) is 0.898. The maximum atomic E-state index is 12.3. The SMILES string of the molecule is CCC(Nc1nc(Nc2ccc3ncsc3c2)c(C(N)=O)c(=O)[nH]1)C(N)=O. The number of primary amides is 2. The molecule has 0 radical (unpaired) electrons. The van der Waals surface area contributed by atoms with Crippen LogP contribution in [0.4, 0.5) is 17.5 Å². The molecule has 27 heavy (non-hydrogen) atoms. The number of thiazole rings is 1. The van der Waals surface area contributed by atoms with E-state index in [0.29, 0.717) is 12.1 Å². The van der Waals surface area contributed by atoms with Gasteiger partial charge in [0.25, 0.3) is 11.5 Å². The molecule has 2 amide bonds. The molecular formula is C16H17N7O3S. The number of hydrogen-bond donors (Lipinski definition) is 5. The third-order valence-corrected chi connectivity index (χ3v) is 4.61. The van der Waals surface area contributed by atoms with Gasteiger partial charge in [0.1, 0.15) is 11.6 Å². The molecule has 0 aliphatic carbocycles. The Morgan fingerprint density at radius 1 is 1.33 bits per heavy atom. The topological polar surface area (TPSA) is 169 Å². The Balaban J connectivity index is 2.01. The smallest absolute Gasteiger partial charge is 0.267 e. The minimum absolute atomic E-state index is 0.00276. The van der Waals surface area contributed by atoms with E-state index in [1.165, 1.54) is 11.3 Å². The van der Waals surface area contributed by atoms with Crippen LogP contribution in [-0.2, 0) is 4.79 Å². The first-order chi connectivity index (χ1) is 12.9. The zero-order valence-corrected chi connectivity index (χ0v) is 15.1. The Bertz CT molecular complexity index is 1080. The van der Waals surface area contributed by atoms with E-state index in [1.807, 2.05) is 6.07 Å². The van der Waals surface area contributed by atoms with Crippen molar-refractivity contribution in [3.8, 4) is 0 Å². The first-order valence-corrected chi connectivity index (χ1v) is 8.87. The quantitative estimate of drug-likeness (QED) is 0.401. The zero-order valence-electron chi connectivity index (χ0n) is 14.3. The normalized spacial score (nSPS) is 11.9. The number of hydrogen-bond acceptors (Lipinski definition) is 8. The van der Waals surface area contributed by atoms with Crippen LogP contribution in [0, 0.1) is 0 Å². The summed E-state index contributed by atoms with van der Waals surface area (Å²) in [7, 11) is 0. The minimum Gasteiger partial charge on any atom is -0.368 e. The van der Waals surface area contributed by atoms with E-state index in [9.17, 15) is 14.4 Å². The van der Waals surface area contributed by atoms with E-state index >= 15 is 0 Å².